The summed E-state index contributed by atoms with van der Waals surface area (Å²) in [7, 11) is 0. The summed E-state index contributed by atoms with van der Waals surface area (Å²) in [6.45, 7) is 4.66. The number of aromatic amines is 1. The predicted molar refractivity (Wildman–Crippen MR) is 142 cm³/mol. The molecule has 2 aliphatic heterocycles. The van der Waals surface area contributed by atoms with Crippen LogP contribution in [-0.2, 0) is 11.2 Å². The Morgan fingerprint density at radius 2 is 1.86 bits per heavy atom. The Bertz CT molecular complexity index is 1450. The Morgan fingerprint density at radius 1 is 1.11 bits per heavy atom. The summed E-state index contributed by atoms with van der Waals surface area (Å²) in [5.41, 5.74) is 1.55. The van der Waals surface area contributed by atoms with Crippen LogP contribution in [0.3, 0.4) is 0 Å². The number of piperazine rings is 1. The number of rotatable bonds is 4. The Kier molecular flexibility index (Phi) is 7.11. The number of hydrogen-bond donors (Lipinski definition) is 3. The Balaban J connectivity index is 1.35. The largest absolute Gasteiger partial charge is 0.374 e. The van der Waals surface area contributed by atoms with Gasteiger partial charge in [0, 0.05) is 42.8 Å². The van der Waals surface area contributed by atoms with Gasteiger partial charge in [0.05, 0.1) is 23.7 Å². The number of fused-ring (bicyclic) bond motifs is 2. The smallest absolute Gasteiger partial charge is 0.270 e. The van der Waals surface area contributed by atoms with Gasteiger partial charge in [0.1, 0.15) is 11.5 Å². The van der Waals surface area contributed by atoms with E-state index in [1.165, 1.54) is 6.07 Å². The highest BCUT2D eigenvalue weighted by atomic mass is 35.5. The molecule has 0 spiro atoms. The molecule has 1 saturated heterocycles. The van der Waals surface area contributed by atoms with Crippen LogP contribution in [-0.4, -0.2) is 65.9 Å². The number of H-pyrrole nitrogens is 1. The lowest BCUT2D eigenvalue weighted by Gasteiger charge is -2.36. The first-order chi connectivity index (χ1) is 17.7. The number of carbonyl (C=O) groups is 2. The number of pyridine rings is 1. The molecule has 2 amide bonds. The van der Waals surface area contributed by atoms with Crippen molar-refractivity contribution in [3.8, 4) is 0 Å². The second kappa shape index (κ2) is 10.3. The molecule has 2 aromatic carbocycles. The quantitative estimate of drug-likeness (QED) is 0.465. The maximum absolute atomic E-state index is 14.9. The summed E-state index contributed by atoms with van der Waals surface area (Å²) >= 11 is 12.5. The maximum Gasteiger partial charge on any atom is 0.270 e. The van der Waals surface area contributed by atoms with Crippen molar-refractivity contribution in [1.29, 1.82) is 0 Å². The van der Waals surface area contributed by atoms with E-state index in [0.29, 0.717) is 54.6 Å². The van der Waals surface area contributed by atoms with Crippen LogP contribution in [0.25, 0.3) is 10.8 Å². The fraction of sp³-hybridized carbons (Fsp3) is 0.346. The molecule has 1 atom stereocenters. The van der Waals surface area contributed by atoms with Crippen molar-refractivity contribution in [2.45, 2.75) is 19.4 Å². The minimum absolute atomic E-state index is 0.0712. The Hall–Kier alpha value is -3.14. The lowest BCUT2D eigenvalue weighted by molar-refractivity contribution is -0.131. The number of nitrogens with zero attached hydrogens (tertiary/aromatic N) is 2. The van der Waals surface area contributed by atoms with Gasteiger partial charge < -0.3 is 25.4 Å². The van der Waals surface area contributed by atoms with Gasteiger partial charge in [-0.05, 0) is 60.2 Å². The van der Waals surface area contributed by atoms with Crippen molar-refractivity contribution in [2.75, 3.05) is 44.6 Å². The molecule has 37 heavy (non-hydrogen) atoms. The van der Waals surface area contributed by atoms with Gasteiger partial charge in [-0.25, -0.2) is 4.39 Å². The van der Waals surface area contributed by atoms with E-state index >= 15 is 0 Å². The number of amides is 2. The molecule has 0 aliphatic carbocycles. The van der Waals surface area contributed by atoms with E-state index in [0.717, 1.165) is 17.2 Å². The zero-order chi connectivity index (χ0) is 26.3. The molecule has 3 aromatic rings. The van der Waals surface area contributed by atoms with Gasteiger partial charge in [0.25, 0.3) is 11.5 Å². The zero-order valence-electron chi connectivity index (χ0n) is 20.2. The first-order valence-corrected chi connectivity index (χ1v) is 12.9. The van der Waals surface area contributed by atoms with E-state index in [4.69, 9.17) is 23.2 Å². The SMILES string of the molecule is C[C@H]1c2c(Cl)cc(Cl)cc2CCN1C(=O)CNc1cc2cc(C(=O)N3CCNCC3)[nH]c(=O)c2cc1F. The lowest BCUT2D eigenvalue weighted by Crippen LogP contribution is -2.46. The summed E-state index contributed by atoms with van der Waals surface area (Å²) in [5, 5.41) is 7.64. The monoisotopic (exact) mass is 545 g/mol. The van der Waals surface area contributed by atoms with E-state index in [2.05, 4.69) is 15.6 Å². The van der Waals surface area contributed by atoms with Crippen LogP contribution >= 0.6 is 23.2 Å². The average molecular weight is 546 g/mol. The molecular weight excluding hydrogens is 520 g/mol. The predicted octanol–water partition coefficient (Wildman–Crippen LogP) is 3.58. The topological polar surface area (TPSA) is 97.5 Å². The van der Waals surface area contributed by atoms with Crippen molar-refractivity contribution in [3.63, 3.8) is 0 Å². The number of carbonyl (C=O) groups excluding carboxylic acids is 2. The van der Waals surface area contributed by atoms with E-state index in [-0.39, 0.29) is 41.2 Å². The van der Waals surface area contributed by atoms with Gasteiger partial charge in [0.2, 0.25) is 5.91 Å². The fourth-order valence-corrected chi connectivity index (χ4v) is 5.79. The lowest BCUT2D eigenvalue weighted by atomic mass is 9.93. The third-order valence-electron chi connectivity index (χ3n) is 7.00. The summed E-state index contributed by atoms with van der Waals surface area (Å²) < 4.78 is 14.9. The summed E-state index contributed by atoms with van der Waals surface area (Å²) in [6.07, 6.45) is 0.614. The molecule has 1 fully saturated rings. The van der Waals surface area contributed by atoms with Gasteiger partial charge in [0.15, 0.2) is 0 Å². The van der Waals surface area contributed by atoms with Crippen LogP contribution in [0, 0.1) is 5.82 Å². The molecule has 0 saturated carbocycles. The summed E-state index contributed by atoms with van der Waals surface area (Å²) in [5.74, 6) is -1.17. The highest BCUT2D eigenvalue weighted by Crippen LogP contribution is 2.37. The normalized spacial score (nSPS) is 17.6. The van der Waals surface area contributed by atoms with Crippen molar-refractivity contribution in [3.05, 3.63) is 73.4 Å². The maximum atomic E-state index is 14.9. The molecule has 1 aromatic heterocycles. The second-order valence-corrected chi connectivity index (χ2v) is 10.1. The number of aromatic nitrogens is 1. The van der Waals surface area contributed by atoms with E-state index in [1.54, 1.807) is 21.9 Å². The molecule has 2 aliphatic rings. The third-order valence-corrected chi connectivity index (χ3v) is 7.54. The molecule has 8 nitrogen and oxygen atoms in total. The van der Waals surface area contributed by atoms with Crippen molar-refractivity contribution in [2.24, 2.45) is 0 Å². The zero-order valence-corrected chi connectivity index (χ0v) is 21.7. The van der Waals surface area contributed by atoms with Crippen molar-refractivity contribution in [1.82, 2.24) is 20.1 Å². The Morgan fingerprint density at radius 3 is 2.62 bits per heavy atom. The Labute approximate surface area is 222 Å². The van der Waals surface area contributed by atoms with E-state index < -0.39 is 11.4 Å². The highest BCUT2D eigenvalue weighted by Gasteiger charge is 2.29. The van der Waals surface area contributed by atoms with Crippen LogP contribution in [0.15, 0.2) is 35.1 Å². The molecule has 0 unspecified atom stereocenters. The van der Waals surface area contributed by atoms with Crippen LogP contribution in [0.4, 0.5) is 10.1 Å². The summed E-state index contributed by atoms with van der Waals surface area (Å²) in [4.78, 5) is 44.5. The number of benzene rings is 2. The molecule has 194 valence electrons. The van der Waals surface area contributed by atoms with Crippen LogP contribution in [0.5, 0.6) is 0 Å². The molecule has 3 heterocycles. The van der Waals surface area contributed by atoms with Gasteiger partial charge in [-0.15, -0.1) is 0 Å². The molecular formula is C26H26Cl2FN5O3. The van der Waals surface area contributed by atoms with Crippen molar-refractivity contribution < 1.29 is 14.0 Å². The van der Waals surface area contributed by atoms with Crippen LogP contribution in [0.2, 0.25) is 10.0 Å². The fourth-order valence-electron chi connectivity index (χ4n) is 5.09. The average Bonchev–Trinajstić information content (AvgIpc) is 2.87. The van der Waals surface area contributed by atoms with Gasteiger partial charge in [-0.1, -0.05) is 23.2 Å². The van der Waals surface area contributed by atoms with Crippen molar-refractivity contribution >= 4 is 51.5 Å². The standard InChI is InChI=1S/C26H26Cl2FN5O3/c1-14-24-15(8-17(27)11-19(24)28)2-5-34(14)23(35)13-31-21-9-16-10-22(26(37)33-6-3-30-4-7-33)32-25(36)18(16)12-20(21)29/h8-12,14,30-31H,2-7,13H2,1H3,(H,32,36)/t14-/m0/s1. The number of anilines is 1. The first-order valence-electron chi connectivity index (χ1n) is 12.1. The van der Waals surface area contributed by atoms with E-state index in [1.807, 2.05) is 13.0 Å². The van der Waals surface area contributed by atoms with E-state index in [9.17, 15) is 18.8 Å². The number of nitrogens with one attached hydrogen (secondary N) is 3. The number of halogens is 3. The minimum atomic E-state index is -0.665. The second-order valence-electron chi connectivity index (χ2n) is 9.30. The highest BCUT2D eigenvalue weighted by molar-refractivity contribution is 6.35. The first kappa shape index (κ1) is 25.5. The van der Waals surface area contributed by atoms with Crippen LogP contribution in [0.1, 0.15) is 34.6 Å². The third kappa shape index (κ3) is 5.03. The number of hydrogen-bond acceptors (Lipinski definition) is 5. The molecule has 11 heteroatoms. The molecule has 3 N–H and O–H groups in total. The molecule has 0 bridgehead atoms. The van der Waals surface area contributed by atoms with Gasteiger partial charge in [-0.3, -0.25) is 14.4 Å². The van der Waals surface area contributed by atoms with Gasteiger partial charge in [-0.2, -0.15) is 0 Å². The minimum Gasteiger partial charge on any atom is -0.374 e. The molecule has 5 rings (SSSR count). The summed E-state index contributed by atoms with van der Waals surface area (Å²) in [6, 6.07) is 7.38. The molecule has 0 radical (unpaired) electrons. The van der Waals surface area contributed by atoms with Crippen LogP contribution < -0.4 is 16.2 Å². The van der Waals surface area contributed by atoms with Gasteiger partial charge >= 0.3 is 0 Å².